The van der Waals surface area contributed by atoms with Crippen LogP contribution in [-0.2, 0) is 0 Å². The SMILES string of the molecule is [CH]1[CH][CH][C](/C=C/c2ccc3c(=C4SC=CS4)c4ccccc4c(=C4SC=CS4)c3c2)[CH]1. The van der Waals surface area contributed by atoms with E-state index in [0.29, 0.717) is 0 Å². The molecule has 0 bridgehead atoms. The smallest absolute Gasteiger partial charge is 0.0571 e. The Balaban J connectivity index is 1.69. The average Bonchev–Trinajstić information content (AvgIpc) is 3.59. The van der Waals surface area contributed by atoms with E-state index < -0.39 is 0 Å². The molecular formula is C27H17S4. The Morgan fingerprint density at radius 3 is 1.71 bits per heavy atom. The first-order valence-corrected chi connectivity index (χ1v) is 13.5. The van der Waals surface area contributed by atoms with Crippen molar-refractivity contribution < 1.29 is 0 Å². The molecule has 149 valence electrons. The number of thioether (sulfide) groups is 4. The average molecular weight is 470 g/mol. The molecule has 0 amide bonds. The maximum atomic E-state index is 2.37. The van der Waals surface area contributed by atoms with Crippen molar-refractivity contribution in [3.8, 4) is 0 Å². The highest BCUT2D eigenvalue weighted by atomic mass is 32.2. The van der Waals surface area contributed by atoms with Crippen LogP contribution in [-0.4, -0.2) is 0 Å². The van der Waals surface area contributed by atoms with Gasteiger partial charge in [0.2, 0.25) is 0 Å². The molecule has 6 rings (SSSR count). The maximum absolute atomic E-state index is 2.37. The van der Waals surface area contributed by atoms with Crippen molar-refractivity contribution in [1.82, 2.24) is 0 Å². The first-order chi connectivity index (χ1) is 15.4. The summed E-state index contributed by atoms with van der Waals surface area (Å²) in [5.41, 5.74) is 1.23. The summed E-state index contributed by atoms with van der Waals surface area (Å²) in [6.07, 6.45) is 12.9. The fraction of sp³-hybridized carbons (Fsp3) is 0. The largest absolute Gasteiger partial charge is 0.0895 e. The highest BCUT2D eigenvalue weighted by Gasteiger charge is 2.16. The van der Waals surface area contributed by atoms with Gasteiger partial charge in [0.15, 0.2) is 0 Å². The minimum Gasteiger partial charge on any atom is -0.0895 e. The molecule has 0 N–H and O–H groups in total. The molecule has 5 radical (unpaired) electrons. The Morgan fingerprint density at radius 2 is 1.10 bits per heavy atom. The van der Waals surface area contributed by atoms with Crippen molar-refractivity contribution in [3.63, 3.8) is 0 Å². The van der Waals surface area contributed by atoms with Crippen LogP contribution < -0.4 is 10.4 Å². The Bertz CT molecular complexity index is 1370. The first kappa shape index (κ1) is 20.2. The van der Waals surface area contributed by atoms with E-state index in [4.69, 9.17) is 0 Å². The highest BCUT2D eigenvalue weighted by molar-refractivity contribution is 8.35. The van der Waals surface area contributed by atoms with E-state index >= 15 is 0 Å². The molecule has 1 aliphatic carbocycles. The van der Waals surface area contributed by atoms with Crippen molar-refractivity contribution in [2.24, 2.45) is 0 Å². The number of allylic oxidation sites excluding steroid dienone is 1. The molecule has 3 aromatic carbocycles. The van der Waals surface area contributed by atoms with E-state index in [-0.39, 0.29) is 0 Å². The molecule has 1 saturated carbocycles. The summed E-state index contributed by atoms with van der Waals surface area (Å²) in [5, 5.41) is 16.8. The monoisotopic (exact) mass is 469 g/mol. The molecule has 1 fully saturated rings. The summed E-state index contributed by atoms with van der Waals surface area (Å²) in [6.45, 7) is 0. The summed E-state index contributed by atoms with van der Waals surface area (Å²) < 4.78 is 2.72. The zero-order chi connectivity index (χ0) is 20.6. The van der Waals surface area contributed by atoms with Gasteiger partial charge in [0.05, 0.1) is 8.47 Å². The van der Waals surface area contributed by atoms with Crippen LogP contribution in [0.4, 0.5) is 0 Å². The predicted octanol–water partition coefficient (Wildman–Crippen LogP) is 7.45. The van der Waals surface area contributed by atoms with Gasteiger partial charge in [0.25, 0.3) is 0 Å². The van der Waals surface area contributed by atoms with Crippen LogP contribution in [0.1, 0.15) is 5.56 Å². The fourth-order valence-electron chi connectivity index (χ4n) is 4.08. The normalized spacial score (nSPS) is 19.2. The quantitative estimate of drug-likeness (QED) is 0.357. The van der Waals surface area contributed by atoms with Gasteiger partial charge in [-0.05, 0) is 80.5 Å². The summed E-state index contributed by atoms with van der Waals surface area (Å²) in [7, 11) is 0. The Morgan fingerprint density at radius 1 is 0.548 bits per heavy atom. The molecule has 0 unspecified atom stereocenters. The van der Waals surface area contributed by atoms with Crippen molar-refractivity contribution in [2.45, 2.75) is 0 Å². The molecule has 3 aromatic rings. The number of fused-ring (bicyclic) bond motifs is 2. The van der Waals surface area contributed by atoms with Gasteiger partial charge in [-0.1, -0.05) is 95.6 Å². The highest BCUT2D eigenvalue weighted by Crippen LogP contribution is 2.41. The van der Waals surface area contributed by atoms with Crippen LogP contribution in [0.5, 0.6) is 0 Å². The zero-order valence-corrected chi connectivity index (χ0v) is 19.7. The van der Waals surface area contributed by atoms with E-state index in [1.165, 1.54) is 51.9 Å². The van der Waals surface area contributed by atoms with Crippen LogP contribution in [0.25, 0.3) is 36.1 Å². The molecule has 2 aliphatic heterocycles. The molecule has 4 heteroatoms. The minimum absolute atomic E-state index is 1.23. The fourth-order valence-corrected chi connectivity index (χ4v) is 7.93. The van der Waals surface area contributed by atoms with Gasteiger partial charge in [-0.25, -0.2) is 0 Å². The molecule has 0 atom stereocenters. The molecule has 0 saturated heterocycles. The third kappa shape index (κ3) is 3.82. The molecule has 3 aliphatic rings. The van der Waals surface area contributed by atoms with Crippen LogP contribution in [0.2, 0.25) is 0 Å². The van der Waals surface area contributed by atoms with E-state index in [1.54, 1.807) is 0 Å². The molecule has 0 nitrogen and oxygen atoms in total. The third-order valence-corrected chi connectivity index (χ3v) is 9.69. The van der Waals surface area contributed by atoms with Crippen molar-refractivity contribution >= 4 is 83.1 Å². The second-order valence-corrected chi connectivity index (χ2v) is 11.4. The van der Waals surface area contributed by atoms with Gasteiger partial charge in [-0.15, -0.1) is 0 Å². The third-order valence-electron chi connectivity index (χ3n) is 5.42. The Kier molecular flexibility index (Phi) is 5.74. The molecular weight excluding hydrogens is 453 g/mol. The number of rotatable bonds is 2. The van der Waals surface area contributed by atoms with E-state index in [2.05, 4.69) is 102 Å². The van der Waals surface area contributed by atoms with Gasteiger partial charge in [0.1, 0.15) is 0 Å². The summed E-state index contributed by atoms with van der Waals surface area (Å²) in [4.78, 5) is 0. The number of benzene rings is 3. The van der Waals surface area contributed by atoms with Crippen molar-refractivity contribution in [1.29, 1.82) is 0 Å². The summed E-state index contributed by atoms with van der Waals surface area (Å²) >= 11 is 7.33. The maximum Gasteiger partial charge on any atom is 0.0571 e. The van der Waals surface area contributed by atoms with Crippen LogP contribution in [0.15, 0.2) is 70.2 Å². The van der Waals surface area contributed by atoms with Gasteiger partial charge in [-0.2, -0.15) is 0 Å². The summed E-state index contributed by atoms with van der Waals surface area (Å²) in [6, 6.07) is 15.8. The van der Waals surface area contributed by atoms with E-state index in [9.17, 15) is 0 Å². The second kappa shape index (κ2) is 8.82. The minimum atomic E-state index is 1.23. The van der Waals surface area contributed by atoms with Gasteiger partial charge in [-0.3, -0.25) is 0 Å². The lowest BCUT2D eigenvalue weighted by molar-refractivity contribution is 1.39. The lowest BCUT2D eigenvalue weighted by Crippen LogP contribution is -2.17. The number of hydrogen-bond donors (Lipinski definition) is 0. The lowest BCUT2D eigenvalue weighted by atomic mass is 9.96. The molecule has 0 spiro atoms. The van der Waals surface area contributed by atoms with Gasteiger partial charge in [0, 0.05) is 16.4 Å². The van der Waals surface area contributed by atoms with E-state index in [0.717, 1.165) is 0 Å². The van der Waals surface area contributed by atoms with Crippen molar-refractivity contribution in [3.05, 3.63) is 118 Å². The first-order valence-electron chi connectivity index (χ1n) is 9.98. The lowest BCUT2D eigenvalue weighted by Gasteiger charge is -2.12. The molecule has 2 heterocycles. The zero-order valence-electron chi connectivity index (χ0n) is 16.4. The molecule has 31 heavy (non-hydrogen) atoms. The second-order valence-electron chi connectivity index (χ2n) is 7.24. The topological polar surface area (TPSA) is 0 Å². The van der Waals surface area contributed by atoms with Crippen LogP contribution in [0.3, 0.4) is 0 Å². The van der Waals surface area contributed by atoms with Gasteiger partial charge >= 0.3 is 0 Å². The van der Waals surface area contributed by atoms with E-state index in [1.807, 2.05) is 47.0 Å². The molecule has 0 aromatic heterocycles. The van der Waals surface area contributed by atoms with Crippen LogP contribution in [0, 0.1) is 31.6 Å². The number of hydrogen-bond acceptors (Lipinski definition) is 4. The summed E-state index contributed by atoms with van der Waals surface area (Å²) in [5.74, 6) is 1.24. The Labute approximate surface area is 200 Å². The predicted molar refractivity (Wildman–Crippen MR) is 146 cm³/mol. The van der Waals surface area contributed by atoms with Gasteiger partial charge < -0.3 is 0 Å². The standard InChI is InChI=1S/C27H17S4/c1-2-6-18(5-1)9-10-19-11-12-22-23(17-19)25(27-30-15-16-31-27)21-8-4-3-7-20(21)24(22)26-28-13-14-29-26/h1-17H/b10-9+. The Hall–Kier alpha value is -1.46. The van der Waals surface area contributed by atoms with Crippen molar-refractivity contribution in [2.75, 3.05) is 0 Å². The van der Waals surface area contributed by atoms with Crippen LogP contribution >= 0.6 is 47.0 Å².